The van der Waals surface area contributed by atoms with Crippen molar-refractivity contribution in [3.63, 3.8) is 0 Å². The van der Waals surface area contributed by atoms with Gasteiger partial charge in [0.2, 0.25) is 5.95 Å². The molecule has 1 N–H and O–H groups in total. The minimum Gasteiger partial charge on any atom is -0.306 e. The van der Waals surface area contributed by atoms with Crippen LogP contribution in [0.15, 0.2) is 47.6 Å². The molecule has 1 aromatic carbocycles. The number of rotatable bonds is 4. The van der Waals surface area contributed by atoms with Gasteiger partial charge in [0, 0.05) is 12.6 Å². The molecule has 2 heterocycles. The molecule has 0 atom stereocenters. The van der Waals surface area contributed by atoms with Gasteiger partial charge in [-0.1, -0.05) is 42.1 Å². The first-order valence-corrected chi connectivity index (χ1v) is 7.60. The minimum absolute atomic E-state index is 0.517. The third-order valence-corrected chi connectivity index (χ3v) is 3.60. The SMILES string of the molecule is CSc1nc(Nc2ccc(-c3ccccc3)nn2)nn1C. The van der Waals surface area contributed by atoms with Crippen LogP contribution in [0.25, 0.3) is 11.3 Å². The summed E-state index contributed by atoms with van der Waals surface area (Å²) in [5.41, 5.74) is 1.87. The fourth-order valence-electron chi connectivity index (χ4n) is 1.88. The third-order valence-electron chi connectivity index (χ3n) is 2.88. The van der Waals surface area contributed by atoms with E-state index >= 15 is 0 Å². The summed E-state index contributed by atoms with van der Waals surface area (Å²) in [5, 5.41) is 16.5. The Bertz CT molecular complexity index is 723. The van der Waals surface area contributed by atoms with Gasteiger partial charge in [-0.15, -0.1) is 15.3 Å². The lowest BCUT2D eigenvalue weighted by molar-refractivity contribution is 0.687. The van der Waals surface area contributed by atoms with Crippen molar-refractivity contribution in [1.29, 1.82) is 0 Å². The molecule has 0 radical (unpaired) electrons. The predicted molar refractivity (Wildman–Crippen MR) is 83.5 cm³/mol. The molecular weight excluding hydrogens is 284 g/mol. The van der Waals surface area contributed by atoms with Crippen molar-refractivity contribution in [2.75, 3.05) is 11.6 Å². The molecule has 0 aliphatic heterocycles. The second-order valence-corrected chi connectivity index (χ2v) is 5.11. The van der Waals surface area contributed by atoms with Crippen LogP contribution in [0.2, 0.25) is 0 Å². The molecule has 0 saturated carbocycles. The highest BCUT2D eigenvalue weighted by Gasteiger charge is 2.07. The maximum absolute atomic E-state index is 4.34. The van der Waals surface area contributed by atoms with E-state index in [1.807, 2.05) is 55.8 Å². The first-order chi connectivity index (χ1) is 10.3. The van der Waals surface area contributed by atoms with Crippen molar-refractivity contribution in [2.45, 2.75) is 5.16 Å². The maximum atomic E-state index is 4.34. The molecule has 106 valence electrons. The van der Waals surface area contributed by atoms with E-state index in [0.717, 1.165) is 16.4 Å². The molecule has 0 bridgehead atoms. The van der Waals surface area contributed by atoms with E-state index in [2.05, 4.69) is 25.6 Å². The topological polar surface area (TPSA) is 68.5 Å². The number of nitrogens with zero attached hydrogens (tertiary/aromatic N) is 5. The van der Waals surface area contributed by atoms with E-state index in [4.69, 9.17) is 0 Å². The quantitative estimate of drug-likeness (QED) is 0.747. The van der Waals surface area contributed by atoms with Gasteiger partial charge in [-0.25, -0.2) is 4.68 Å². The fourth-order valence-corrected chi connectivity index (χ4v) is 2.36. The largest absolute Gasteiger partial charge is 0.306 e. The second-order valence-electron chi connectivity index (χ2n) is 4.34. The first kappa shape index (κ1) is 13.6. The normalized spacial score (nSPS) is 10.6. The zero-order valence-corrected chi connectivity index (χ0v) is 12.5. The highest BCUT2D eigenvalue weighted by molar-refractivity contribution is 7.98. The summed E-state index contributed by atoms with van der Waals surface area (Å²) in [7, 11) is 1.86. The maximum Gasteiger partial charge on any atom is 0.248 e. The highest BCUT2D eigenvalue weighted by atomic mass is 32.2. The number of hydrogen-bond donors (Lipinski definition) is 1. The summed E-state index contributed by atoms with van der Waals surface area (Å²) in [4.78, 5) is 4.34. The van der Waals surface area contributed by atoms with E-state index in [-0.39, 0.29) is 0 Å². The van der Waals surface area contributed by atoms with Crippen molar-refractivity contribution < 1.29 is 0 Å². The Hall–Kier alpha value is -2.41. The smallest absolute Gasteiger partial charge is 0.248 e. The van der Waals surface area contributed by atoms with Gasteiger partial charge in [-0.2, -0.15) is 4.98 Å². The van der Waals surface area contributed by atoms with E-state index in [9.17, 15) is 0 Å². The van der Waals surface area contributed by atoms with Crippen molar-refractivity contribution >= 4 is 23.5 Å². The van der Waals surface area contributed by atoms with Crippen LogP contribution in [0.1, 0.15) is 0 Å². The van der Waals surface area contributed by atoms with Gasteiger partial charge in [0.1, 0.15) is 0 Å². The number of aryl methyl sites for hydroxylation is 1. The lowest BCUT2D eigenvalue weighted by atomic mass is 10.1. The number of nitrogens with one attached hydrogen (secondary N) is 1. The molecule has 3 rings (SSSR count). The van der Waals surface area contributed by atoms with Crippen LogP contribution in [0.4, 0.5) is 11.8 Å². The van der Waals surface area contributed by atoms with E-state index in [1.54, 1.807) is 4.68 Å². The molecule has 0 amide bonds. The minimum atomic E-state index is 0.517. The molecule has 0 unspecified atom stereocenters. The van der Waals surface area contributed by atoms with Gasteiger partial charge in [-0.05, 0) is 18.4 Å². The number of thioether (sulfide) groups is 1. The Morgan fingerprint density at radius 1 is 1.05 bits per heavy atom. The van der Waals surface area contributed by atoms with Crippen LogP contribution >= 0.6 is 11.8 Å². The Labute approximate surface area is 126 Å². The Morgan fingerprint density at radius 3 is 2.48 bits per heavy atom. The van der Waals surface area contributed by atoms with Crippen molar-refractivity contribution in [3.05, 3.63) is 42.5 Å². The lowest BCUT2D eigenvalue weighted by Crippen LogP contribution is -1.98. The molecule has 21 heavy (non-hydrogen) atoms. The Morgan fingerprint density at radius 2 is 1.86 bits per heavy atom. The van der Waals surface area contributed by atoms with E-state index in [1.165, 1.54) is 11.8 Å². The summed E-state index contributed by atoms with van der Waals surface area (Å²) >= 11 is 1.54. The molecule has 2 aromatic heterocycles. The number of aromatic nitrogens is 5. The van der Waals surface area contributed by atoms with Gasteiger partial charge in [0.15, 0.2) is 11.0 Å². The Kier molecular flexibility index (Phi) is 3.83. The molecule has 0 aliphatic rings. The molecule has 6 nitrogen and oxygen atoms in total. The van der Waals surface area contributed by atoms with Crippen LogP contribution in [-0.4, -0.2) is 31.2 Å². The molecule has 0 aliphatic carbocycles. The average Bonchev–Trinajstić information content (AvgIpc) is 2.88. The van der Waals surface area contributed by atoms with Crippen molar-refractivity contribution in [3.8, 4) is 11.3 Å². The van der Waals surface area contributed by atoms with Gasteiger partial charge in [-0.3, -0.25) is 0 Å². The highest BCUT2D eigenvalue weighted by Crippen LogP contribution is 2.18. The summed E-state index contributed by atoms with van der Waals surface area (Å²) in [5.74, 6) is 1.14. The average molecular weight is 298 g/mol. The molecule has 3 aromatic rings. The number of benzene rings is 1. The van der Waals surface area contributed by atoms with Crippen LogP contribution in [-0.2, 0) is 7.05 Å². The van der Waals surface area contributed by atoms with Gasteiger partial charge in [0.05, 0.1) is 5.69 Å². The van der Waals surface area contributed by atoms with E-state index in [0.29, 0.717) is 11.8 Å². The first-order valence-electron chi connectivity index (χ1n) is 6.37. The third kappa shape index (κ3) is 3.03. The monoisotopic (exact) mass is 298 g/mol. The van der Waals surface area contributed by atoms with Gasteiger partial charge < -0.3 is 5.32 Å². The zero-order valence-electron chi connectivity index (χ0n) is 11.7. The molecule has 7 heteroatoms. The van der Waals surface area contributed by atoms with Gasteiger partial charge >= 0.3 is 0 Å². The molecule has 0 spiro atoms. The summed E-state index contributed by atoms with van der Waals surface area (Å²) in [6.45, 7) is 0. The zero-order chi connectivity index (χ0) is 14.7. The Balaban J connectivity index is 1.78. The summed E-state index contributed by atoms with van der Waals surface area (Å²) in [6, 6.07) is 13.7. The predicted octanol–water partition coefficient (Wildman–Crippen LogP) is 2.74. The number of hydrogen-bond acceptors (Lipinski definition) is 6. The number of anilines is 2. The molecule has 0 fully saturated rings. The van der Waals surface area contributed by atoms with Gasteiger partial charge in [0.25, 0.3) is 0 Å². The molecular formula is C14H14N6S. The van der Waals surface area contributed by atoms with Crippen LogP contribution in [0.5, 0.6) is 0 Å². The fraction of sp³-hybridized carbons (Fsp3) is 0.143. The van der Waals surface area contributed by atoms with Crippen molar-refractivity contribution in [2.24, 2.45) is 7.05 Å². The van der Waals surface area contributed by atoms with E-state index < -0.39 is 0 Å². The second kappa shape index (κ2) is 5.92. The summed E-state index contributed by atoms with van der Waals surface area (Å²) in [6.07, 6.45) is 1.96. The summed E-state index contributed by atoms with van der Waals surface area (Å²) < 4.78 is 1.72. The van der Waals surface area contributed by atoms with Crippen LogP contribution in [0.3, 0.4) is 0 Å². The molecule has 0 saturated heterocycles. The standard InChI is InChI=1S/C14H14N6S/c1-20-14(21-2)16-13(19-20)15-12-9-8-11(17-18-12)10-6-4-3-5-7-10/h3-9H,1-2H3,(H,15,18,19). The lowest BCUT2D eigenvalue weighted by Gasteiger charge is -2.02. The van der Waals surface area contributed by atoms with Crippen LogP contribution in [0, 0.1) is 0 Å². The van der Waals surface area contributed by atoms with Crippen molar-refractivity contribution in [1.82, 2.24) is 25.0 Å². The van der Waals surface area contributed by atoms with Crippen LogP contribution < -0.4 is 5.32 Å².